The van der Waals surface area contributed by atoms with Crippen molar-refractivity contribution in [1.82, 2.24) is 13.8 Å². The van der Waals surface area contributed by atoms with E-state index in [-0.39, 0.29) is 17.2 Å². The molecule has 6 nitrogen and oxygen atoms in total. The molecule has 1 unspecified atom stereocenters. The van der Waals surface area contributed by atoms with Crippen molar-refractivity contribution in [3.63, 3.8) is 0 Å². The van der Waals surface area contributed by atoms with Crippen molar-refractivity contribution in [3.05, 3.63) is 129 Å². The average Bonchev–Trinajstić information content (AvgIpc) is 3.27. The highest BCUT2D eigenvalue weighted by molar-refractivity contribution is 6.04. The fraction of sp³-hybridized carbons (Fsp3) is 0.138. The first-order chi connectivity index (χ1) is 17.1. The monoisotopic (exact) mass is 460 g/mol. The highest BCUT2D eigenvalue weighted by Gasteiger charge is 2.34. The van der Waals surface area contributed by atoms with Crippen molar-refractivity contribution in [2.45, 2.75) is 12.3 Å². The van der Waals surface area contributed by atoms with Gasteiger partial charge in [-0.05, 0) is 11.1 Å². The molecule has 0 radical (unpaired) electrons. The third kappa shape index (κ3) is 3.21. The van der Waals surface area contributed by atoms with Gasteiger partial charge in [0.1, 0.15) is 0 Å². The number of fused-ring (bicyclic) bond motifs is 3. The summed E-state index contributed by atoms with van der Waals surface area (Å²) in [6, 6.07) is 30.2. The lowest BCUT2D eigenvalue weighted by atomic mass is 9.87. The molecule has 3 heterocycles. The number of rotatable bonds is 3. The van der Waals surface area contributed by atoms with Gasteiger partial charge in [0, 0.05) is 32.0 Å². The standard InChI is InChI=1S/C29H24N4O2/c1-31-27-24(28(34)32(2)29(31)35)25(21-16-10-5-11-17-21)33-26(27)22(19-12-6-3-7-13-19)18-23(30-33)20-14-8-4-9-15-20/h3-17,22H,18H2,1-2H3. The summed E-state index contributed by atoms with van der Waals surface area (Å²) < 4.78 is 4.68. The Morgan fingerprint density at radius 3 is 1.94 bits per heavy atom. The van der Waals surface area contributed by atoms with Crippen LogP contribution in [-0.4, -0.2) is 19.5 Å². The Morgan fingerprint density at radius 1 is 0.743 bits per heavy atom. The van der Waals surface area contributed by atoms with Crippen molar-refractivity contribution in [2.24, 2.45) is 19.2 Å². The van der Waals surface area contributed by atoms with E-state index in [0.29, 0.717) is 23.0 Å². The first-order valence-corrected chi connectivity index (χ1v) is 11.6. The molecule has 0 aliphatic carbocycles. The van der Waals surface area contributed by atoms with E-state index in [4.69, 9.17) is 5.10 Å². The molecule has 6 heteroatoms. The quantitative estimate of drug-likeness (QED) is 0.398. The lowest BCUT2D eigenvalue weighted by Gasteiger charge is -2.26. The summed E-state index contributed by atoms with van der Waals surface area (Å²) in [7, 11) is 3.26. The van der Waals surface area contributed by atoms with Crippen LogP contribution in [0.15, 0.2) is 106 Å². The van der Waals surface area contributed by atoms with Crippen LogP contribution < -0.4 is 11.2 Å². The van der Waals surface area contributed by atoms with Crippen molar-refractivity contribution >= 4 is 16.6 Å². The Hall–Kier alpha value is -4.45. The van der Waals surface area contributed by atoms with E-state index in [9.17, 15) is 9.59 Å². The van der Waals surface area contributed by atoms with Crippen LogP contribution in [0, 0.1) is 0 Å². The molecule has 0 fully saturated rings. The zero-order chi connectivity index (χ0) is 24.1. The summed E-state index contributed by atoms with van der Waals surface area (Å²) >= 11 is 0. The van der Waals surface area contributed by atoms with E-state index in [1.165, 1.54) is 11.6 Å². The fourth-order valence-corrected chi connectivity index (χ4v) is 5.18. The Kier molecular flexibility index (Phi) is 4.88. The van der Waals surface area contributed by atoms with Gasteiger partial charge in [-0.1, -0.05) is 91.0 Å². The minimum Gasteiger partial charge on any atom is -0.294 e. The predicted molar refractivity (Wildman–Crippen MR) is 139 cm³/mol. The predicted octanol–water partition coefficient (Wildman–Crippen LogP) is 4.49. The maximum absolute atomic E-state index is 13.6. The van der Waals surface area contributed by atoms with E-state index in [1.807, 2.05) is 71.4 Å². The van der Waals surface area contributed by atoms with E-state index in [1.54, 1.807) is 11.6 Å². The molecule has 0 N–H and O–H groups in total. The summed E-state index contributed by atoms with van der Waals surface area (Å²) in [5.41, 5.74) is 5.52. The molecule has 0 amide bonds. The molecule has 0 saturated carbocycles. The van der Waals surface area contributed by atoms with Crippen LogP contribution in [0.2, 0.25) is 0 Å². The topological polar surface area (TPSA) is 61.3 Å². The van der Waals surface area contributed by atoms with Crippen LogP contribution in [0.1, 0.15) is 29.2 Å². The maximum atomic E-state index is 13.6. The van der Waals surface area contributed by atoms with Gasteiger partial charge >= 0.3 is 5.69 Å². The van der Waals surface area contributed by atoms with Gasteiger partial charge in [0.15, 0.2) is 0 Å². The van der Waals surface area contributed by atoms with Gasteiger partial charge < -0.3 is 0 Å². The van der Waals surface area contributed by atoms with Gasteiger partial charge in [0.2, 0.25) is 0 Å². The molecular formula is C29H24N4O2. The zero-order valence-corrected chi connectivity index (χ0v) is 19.6. The highest BCUT2D eigenvalue weighted by atomic mass is 16.2. The van der Waals surface area contributed by atoms with Crippen LogP contribution in [0.4, 0.5) is 0 Å². The third-order valence-electron chi connectivity index (χ3n) is 6.89. The van der Waals surface area contributed by atoms with Crippen LogP contribution in [0.25, 0.3) is 22.2 Å². The number of hydrogen-bond acceptors (Lipinski definition) is 3. The summed E-state index contributed by atoms with van der Waals surface area (Å²) in [4.78, 5) is 26.6. The number of benzene rings is 3. The van der Waals surface area contributed by atoms with E-state index >= 15 is 0 Å². The molecule has 0 saturated heterocycles. The van der Waals surface area contributed by atoms with Crippen LogP contribution >= 0.6 is 0 Å². The van der Waals surface area contributed by atoms with Crippen molar-refractivity contribution < 1.29 is 0 Å². The highest BCUT2D eigenvalue weighted by Crippen LogP contribution is 2.42. The van der Waals surface area contributed by atoms with Gasteiger partial charge in [-0.25, -0.2) is 9.47 Å². The van der Waals surface area contributed by atoms with Crippen molar-refractivity contribution in [3.8, 4) is 11.3 Å². The lowest BCUT2D eigenvalue weighted by molar-refractivity contribution is 0.680. The normalized spacial score (nSPS) is 15.1. The molecule has 5 aromatic rings. The molecule has 0 spiro atoms. The van der Waals surface area contributed by atoms with E-state index < -0.39 is 0 Å². The molecule has 1 aliphatic heterocycles. The Bertz CT molecular complexity index is 1710. The third-order valence-corrected chi connectivity index (χ3v) is 6.89. The van der Waals surface area contributed by atoms with E-state index in [0.717, 1.165) is 28.1 Å². The van der Waals surface area contributed by atoms with Gasteiger partial charge in [-0.3, -0.25) is 13.9 Å². The van der Waals surface area contributed by atoms with Crippen LogP contribution in [0.3, 0.4) is 0 Å². The molecule has 1 aliphatic rings. The van der Waals surface area contributed by atoms with Gasteiger partial charge in [0.25, 0.3) is 5.56 Å². The minimum absolute atomic E-state index is 0.0819. The number of aromatic nitrogens is 3. The van der Waals surface area contributed by atoms with Gasteiger partial charge in [-0.2, -0.15) is 5.10 Å². The number of hydrogen-bond donors (Lipinski definition) is 0. The molecule has 172 valence electrons. The second-order valence-electron chi connectivity index (χ2n) is 8.92. The zero-order valence-electron chi connectivity index (χ0n) is 19.6. The molecule has 3 aromatic carbocycles. The molecule has 2 aromatic heterocycles. The summed E-state index contributed by atoms with van der Waals surface area (Å²) in [5.74, 6) is -0.0819. The number of aryl methyl sites for hydroxylation is 1. The van der Waals surface area contributed by atoms with Gasteiger partial charge in [0.05, 0.1) is 28.0 Å². The average molecular weight is 461 g/mol. The van der Waals surface area contributed by atoms with Crippen LogP contribution in [-0.2, 0) is 14.1 Å². The molecule has 1 atom stereocenters. The second kappa shape index (κ2) is 8.09. The molecule has 0 bridgehead atoms. The molecular weight excluding hydrogens is 436 g/mol. The van der Waals surface area contributed by atoms with E-state index in [2.05, 4.69) is 24.3 Å². The number of nitrogens with zero attached hydrogens (tertiary/aromatic N) is 4. The smallest absolute Gasteiger partial charge is 0.294 e. The van der Waals surface area contributed by atoms with Crippen LogP contribution in [0.5, 0.6) is 0 Å². The molecule has 6 rings (SSSR count). The van der Waals surface area contributed by atoms with Gasteiger partial charge in [-0.15, -0.1) is 0 Å². The van der Waals surface area contributed by atoms with Crippen molar-refractivity contribution in [1.29, 1.82) is 0 Å². The first-order valence-electron chi connectivity index (χ1n) is 11.6. The maximum Gasteiger partial charge on any atom is 0.331 e. The Labute approximate surface area is 202 Å². The van der Waals surface area contributed by atoms with Crippen molar-refractivity contribution in [2.75, 3.05) is 0 Å². The summed E-state index contributed by atoms with van der Waals surface area (Å²) in [5, 5.41) is 5.63. The largest absolute Gasteiger partial charge is 0.331 e. The fourth-order valence-electron chi connectivity index (χ4n) is 5.18. The first kappa shape index (κ1) is 21.1. The Morgan fingerprint density at radius 2 is 1.31 bits per heavy atom. The molecule has 35 heavy (non-hydrogen) atoms. The summed E-state index contributed by atoms with van der Waals surface area (Å²) in [6.07, 6.45) is 0.658. The summed E-state index contributed by atoms with van der Waals surface area (Å²) in [6.45, 7) is 0. The lowest BCUT2D eigenvalue weighted by Crippen LogP contribution is -2.37. The minimum atomic E-state index is -0.347. The second-order valence-corrected chi connectivity index (χ2v) is 8.92. The Balaban J connectivity index is 1.81. The SMILES string of the molecule is Cn1c(=O)c2c(-c3ccccc3)n3c(c2n(C)c1=O)C(c1ccccc1)CC(c1ccccc1)=N3.